The standard InChI is InChI=1S/C29H23N3O6/c1-28-22(33)14-29(38-28,12-13-36-25-19-8-4-5-9-21(19)37-31-25)24-23(28)26(34)32(27(24)35)20-11-10-16(15-30)17-6-2-3-7-18(17)20/h2-11,22-24,33H,12-14H2,1H3/t22-,23-,24+,28?,29?/m0/s1. The minimum Gasteiger partial charge on any atom is -0.475 e. The Morgan fingerprint density at radius 2 is 1.76 bits per heavy atom. The van der Waals surface area contributed by atoms with Crippen LogP contribution < -0.4 is 9.64 Å². The second-order valence-corrected chi connectivity index (χ2v) is 10.4. The maximum atomic E-state index is 14.0. The molecular formula is C29H23N3O6. The second kappa shape index (κ2) is 7.87. The zero-order chi connectivity index (χ0) is 26.2. The Balaban J connectivity index is 1.23. The number of nitriles is 1. The van der Waals surface area contributed by atoms with Gasteiger partial charge in [0.2, 0.25) is 11.8 Å². The number of hydrogen-bond donors (Lipinski definition) is 1. The van der Waals surface area contributed by atoms with Gasteiger partial charge in [0.15, 0.2) is 5.58 Å². The molecule has 0 spiro atoms. The fraction of sp³-hybridized carbons (Fsp3) is 0.310. The highest BCUT2D eigenvalue weighted by Crippen LogP contribution is 2.62. The highest BCUT2D eigenvalue weighted by atomic mass is 16.6. The number of rotatable bonds is 5. The molecule has 3 aromatic carbocycles. The molecule has 4 aromatic rings. The molecule has 2 unspecified atom stereocenters. The Morgan fingerprint density at radius 1 is 1.05 bits per heavy atom. The van der Waals surface area contributed by atoms with Gasteiger partial charge in [0.1, 0.15) is 5.60 Å². The predicted octanol–water partition coefficient (Wildman–Crippen LogP) is 3.72. The average Bonchev–Trinajstić information content (AvgIpc) is 3.61. The number of aromatic nitrogens is 1. The first-order valence-corrected chi connectivity index (χ1v) is 12.5. The molecule has 0 aliphatic carbocycles. The monoisotopic (exact) mass is 509 g/mol. The smallest absolute Gasteiger partial charge is 0.262 e. The lowest BCUT2D eigenvalue weighted by atomic mass is 9.66. The number of anilines is 1. The molecule has 3 saturated heterocycles. The first-order chi connectivity index (χ1) is 18.4. The Morgan fingerprint density at radius 3 is 2.55 bits per heavy atom. The van der Waals surface area contributed by atoms with Crippen molar-refractivity contribution >= 4 is 39.2 Å². The van der Waals surface area contributed by atoms with Crippen LogP contribution in [-0.2, 0) is 14.3 Å². The summed E-state index contributed by atoms with van der Waals surface area (Å²) >= 11 is 0. The van der Waals surface area contributed by atoms with E-state index in [9.17, 15) is 20.0 Å². The third-order valence-electron chi connectivity index (χ3n) is 8.49. The van der Waals surface area contributed by atoms with Crippen LogP contribution in [0.1, 0.15) is 25.3 Å². The van der Waals surface area contributed by atoms with Crippen LogP contribution in [0.15, 0.2) is 65.2 Å². The number of fused-ring (bicyclic) bond motifs is 7. The third kappa shape index (κ3) is 2.90. The first-order valence-electron chi connectivity index (χ1n) is 12.5. The molecule has 4 heterocycles. The van der Waals surface area contributed by atoms with E-state index in [-0.39, 0.29) is 25.4 Å². The van der Waals surface area contributed by atoms with Gasteiger partial charge in [-0.15, -0.1) is 0 Å². The van der Waals surface area contributed by atoms with E-state index < -0.39 is 35.0 Å². The zero-order valence-electron chi connectivity index (χ0n) is 20.5. The van der Waals surface area contributed by atoms with Crippen molar-refractivity contribution in [2.45, 2.75) is 37.1 Å². The molecule has 3 aliphatic rings. The van der Waals surface area contributed by atoms with Gasteiger partial charge in [0, 0.05) is 23.6 Å². The predicted molar refractivity (Wildman–Crippen MR) is 135 cm³/mol. The number of hydrogen-bond acceptors (Lipinski definition) is 8. The van der Waals surface area contributed by atoms with Crippen molar-refractivity contribution in [2.24, 2.45) is 11.8 Å². The summed E-state index contributed by atoms with van der Waals surface area (Å²) in [6.07, 6.45) is -0.414. The van der Waals surface area contributed by atoms with E-state index >= 15 is 0 Å². The van der Waals surface area contributed by atoms with Gasteiger partial charge >= 0.3 is 0 Å². The minimum absolute atomic E-state index is 0.157. The van der Waals surface area contributed by atoms with Gasteiger partial charge in [0.25, 0.3) is 5.88 Å². The van der Waals surface area contributed by atoms with Crippen LogP contribution >= 0.6 is 0 Å². The summed E-state index contributed by atoms with van der Waals surface area (Å²) in [4.78, 5) is 29.1. The maximum absolute atomic E-state index is 14.0. The Labute approximate surface area is 217 Å². The fourth-order valence-corrected chi connectivity index (χ4v) is 6.72. The molecule has 1 aromatic heterocycles. The molecule has 3 aliphatic heterocycles. The lowest BCUT2D eigenvalue weighted by Gasteiger charge is -2.33. The largest absolute Gasteiger partial charge is 0.475 e. The van der Waals surface area contributed by atoms with Crippen molar-refractivity contribution in [3.05, 3.63) is 66.2 Å². The van der Waals surface area contributed by atoms with E-state index in [2.05, 4.69) is 11.2 Å². The van der Waals surface area contributed by atoms with E-state index in [0.717, 1.165) is 5.39 Å². The fourth-order valence-electron chi connectivity index (χ4n) is 6.72. The minimum atomic E-state index is -1.20. The molecule has 38 heavy (non-hydrogen) atoms. The number of para-hydroxylation sites is 1. The Bertz CT molecular complexity index is 1690. The van der Waals surface area contributed by atoms with E-state index in [0.29, 0.717) is 33.5 Å². The zero-order valence-corrected chi connectivity index (χ0v) is 20.5. The second-order valence-electron chi connectivity index (χ2n) is 10.4. The molecule has 9 heteroatoms. The molecule has 2 bridgehead atoms. The van der Waals surface area contributed by atoms with Gasteiger partial charge in [-0.1, -0.05) is 36.4 Å². The number of ether oxygens (including phenoxy) is 2. The number of benzene rings is 3. The maximum Gasteiger partial charge on any atom is 0.262 e. The van der Waals surface area contributed by atoms with E-state index in [1.165, 1.54) is 4.90 Å². The lowest BCUT2D eigenvalue weighted by molar-refractivity contribution is -0.134. The summed E-state index contributed by atoms with van der Waals surface area (Å²) in [6.45, 7) is 1.87. The first kappa shape index (κ1) is 22.9. The summed E-state index contributed by atoms with van der Waals surface area (Å²) in [5.41, 5.74) is -0.772. The molecule has 0 radical (unpaired) electrons. The summed E-state index contributed by atoms with van der Waals surface area (Å²) in [5, 5.41) is 26.6. The average molecular weight is 510 g/mol. The normalized spacial score (nSPS) is 29.8. The molecule has 3 fully saturated rings. The molecule has 7 rings (SSSR count). The van der Waals surface area contributed by atoms with Crippen molar-refractivity contribution in [1.82, 2.24) is 5.16 Å². The van der Waals surface area contributed by atoms with Crippen LogP contribution in [0.5, 0.6) is 5.88 Å². The topological polar surface area (TPSA) is 126 Å². The van der Waals surface area contributed by atoms with Crippen LogP contribution in [0.4, 0.5) is 5.69 Å². The van der Waals surface area contributed by atoms with Crippen molar-refractivity contribution in [1.29, 1.82) is 5.26 Å². The number of amides is 2. The van der Waals surface area contributed by atoms with Gasteiger partial charge < -0.3 is 19.1 Å². The van der Waals surface area contributed by atoms with Gasteiger partial charge in [-0.3, -0.25) is 9.59 Å². The quantitative estimate of drug-likeness (QED) is 0.404. The number of aliphatic hydroxyl groups is 1. The number of nitrogens with zero attached hydrogens (tertiary/aromatic N) is 3. The van der Waals surface area contributed by atoms with Crippen LogP contribution in [0, 0.1) is 23.2 Å². The van der Waals surface area contributed by atoms with Crippen molar-refractivity contribution < 1.29 is 28.7 Å². The summed E-state index contributed by atoms with van der Waals surface area (Å²) in [5.74, 6) is -2.03. The van der Waals surface area contributed by atoms with Gasteiger partial charge in [-0.2, -0.15) is 5.26 Å². The molecule has 5 atom stereocenters. The number of carbonyl (C=O) groups excluding carboxylic acids is 2. The van der Waals surface area contributed by atoms with Crippen molar-refractivity contribution in [3.63, 3.8) is 0 Å². The Hall–Kier alpha value is -4.26. The van der Waals surface area contributed by atoms with Crippen LogP contribution in [0.2, 0.25) is 0 Å². The molecule has 2 amide bonds. The van der Waals surface area contributed by atoms with Gasteiger partial charge in [-0.25, -0.2) is 4.90 Å². The van der Waals surface area contributed by atoms with Crippen molar-refractivity contribution in [3.8, 4) is 11.9 Å². The third-order valence-corrected chi connectivity index (χ3v) is 8.49. The van der Waals surface area contributed by atoms with Crippen molar-refractivity contribution in [2.75, 3.05) is 11.5 Å². The molecule has 0 saturated carbocycles. The van der Waals surface area contributed by atoms with E-state index in [1.54, 1.807) is 37.3 Å². The van der Waals surface area contributed by atoms with Gasteiger partial charge in [-0.05, 0) is 36.3 Å². The van der Waals surface area contributed by atoms with Gasteiger partial charge in [0.05, 0.1) is 52.9 Å². The SMILES string of the molecule is CC12OC(CCOc3noc4ccccc34)(C[C@@H]1O)[C@H]1C(=O)N(c3ccc(C#N)c4ccccc34)C(=O)[C@H]12. The molecule has 9 nitrogen and oxygen atoms in total. The number of aliphatic hydroxyl groups excluding tert-OH is 1. The highest BCUT2D eigenvalue weighted by molar-refractivity contribution is 6.26. The summed E-state index contributed by atoms with van der Waals surface area (Å²) in [7, 11) is 0. The summed E-state index contributed by atoms with van der Waals surface area (Å²) < 4.78 is 17.6. The van der Waals surface area contributed by atoms with Crippen LogP contribution in [-0.4, -0.2) is 46.0 Å². The molecule has 190 valence electrons. The number of imide groups is 1. The lowest BCUT2D eigenvalue weighted by Crippen LogP contribution is -2.49. The number of carbonyl (C=O) groups is 2. The van der Waals surface area contributed by atoms with Crippen LogP contribution in [0.3, 0.4) is 0 Å². The highest BCUT2D eigenvalue weighted by Gasteiger charge is 2.77. The van der Waals surface area contributed by atoms with E-state index in [4.69, 9.17) is 14.0 Å². The summed E-state index contributed by atoms with van der Waals surface area (Å²) in [6, 6.07) is 20.0. The molecular weight excluding hydrogens is 486 g/mol. The van der Waals surface area contributed by atoms with Crippen LogP contribution in [0.25, 0.3) is 21.7 Å². The molecule has 1 N–H and O–H groups in total. The Kier molecular flexibility index (Phi) is 4.74. The van der Waals surface area contributed by atoms with E-state index in [1.807, 2.05) is 30.3 Å².